The Bertz CT molecular complexity index is 554. The van der Waals surface area contributed by atoms with Crippen LogP contribution in [0.3, 0.4) is 0 Å². The summed E-state index contributed by atoms with van der Waals surface area (Å²) in [5.41, 5.74) is 1.12. The fraction of sp³-hybridized carbons (Fsp3) is 0.900. The predicted octanol–water partition coefficient (Wildman–Crippen LogP) is 4.28. The molecule has 2 saturated heterocycles. The first-order chi connectivity index (χ1) is 10.3. The van der Waals surface area contributed by atoms with Crippen LogP contribution >= 0.6 is 0 Å². The normalized spacial score (nSPS) is 60.9. The van der Waals surface area contributed by atoms with Gasteiger partial charge in [0.05, 0.1) is 6.61 Å². The lowest BCUT2D eigenvalue weighted by Crippen LogP contribution is -2.71. The van der Waals surface area contributed by atoms with Gasteiger partial charge in [-0.15, -0.1) is 0 Å². The van der Waals surface area contributed by atoms with Gasteiger partial charge in [-0.05, 0) is 61.2 Å². The number of hydrogen-bond donors (Lipinski definition) is 1. The Morgan fingerprint density at radius 1 is 0.955 bits per heavy atom. The smallest absolute Gasteiger partial charge is 0.170 e. The maximum Gasteiger partial charge on any atom is 0.170 e. The Morgan fingerprint density at radius 3 is 2.45 bits per heavy atom. The van der Waals surface area contributed by atoms with Gasteiger partial charge in [0.2, 0.25) is 0 Å². The molecule has 0 radical (unpaired) electrons. The van der Waals surface area contributed by atoms with Crippen molar-refractivity contribution in [1.29, 1.82) is 0 Å². The van der Waals surface area contributed by atoms with E-state index in [-0.39, 0.29) is 5.41 Å². The third kappa shape index (κ3) is 1.33. The average Bonchev–Trinajstić information content (AvgIpc) is 2.71. The summed E-state index contributed by atoms with van der Waals surface area (Å²) in [7, 11) is 0. The van der Waals surface area contributed by atoms with Crippen molar-refractivity contribution in [1.82, 2.24) is 0 Å². The summed E-state index contributed by atoms with van der Waals surface area (Å²) in [6, 6.07) is 0. The number of rotatable bonds is 0. The third-order valence-corrected chi connectivity index (χ3v) is 8.92. The standard InChI is InChI=1S/C20H30O2/c1-16(2)14-5-7-18-9-8-17(3,12-18)6-4-15(18)19(14)10-11-20(16,21)22-13-19/h8-9,14-15,21H,4-7,10-13H2,1-3H3/t14-,15-,17-,18+,19+,20-/m0/s1. The van der Waals surface area contributed by atoms with Crippen molar-refractivity contribution < 1.29 is 9.84 Å². The quantitative estimate of drug-likeness (QED) is 0.677. The molecule has 2 spiro atoms. The highest BCUT2D eigenvalue weighted by atomic mass is 16.6. The maximum absolute atomic E-state index is 11.0. The van der Waals surface area contributed by atoms with E-state index in [0.29, 0.717) is 22.2 Å². The third-order valence-electron chi connectivity index (χ3n) is 8.92. The van der Waals surface area contributed by atoms with Crippen LogP contribution in [0.4, 0.5) is 0 Å². The predicted molar refractivity (Wildman–Crippen MR) is 86.1 cm³/mol. The van der Waals surface area contributed by atoms with Gasteiger partial charge in [0.25, 0.3) is 0 Å². The second kappa shape index (κ2) is 3.67. The molecule has 4 aliphatic carbocycles. The zero-order valence-corrected chi connectivity index (χ0v) is 14.3. The van der Waals surface area contributed by atoms with Gasteiger partial charge < -0.3 is 9.84 Å². The van der Waals surface area contributed by atoms with Crippen LogP contribution in [0.25, 0.3) is 0 Å². The fourth-order valence-electron chi connectivity index (χ4n) is 7.77. The molecule has 122 valence electrons. The van der Waals surface area contributed by atoms with Crippen LogP contribution in [0.1, 0.15) is 65.7 Å². The Labute approximate surface area is 134 Å². The van der Waals surface area contributed by atoms with E-state index in [0.717, 1.165) is 18.9 Å². The maximum atomic E-state index is 11.0. The Kier molecular flexibility index (Phi) is 2.34. The molecule has 0 amide bonds. The first-order valence-electron chi connectivity index (χ1n) is 9.32. The minimum Gasteiger partial charge on any atom is -0.365 e. The number of fused-ring (bicyclic) bond motifs is 3. The van der Waals surface area contributed by atoms with Gasteiger partial charge in [0.15, 0.2) is 5.79 Å². The Balaban J connectivity index is 1.62. The van der Waals surface area contributed by atoms with Crippen molar-refractivity contribution in [2.24, 2.45) is 33.5 Å². The Morgan fingerprint density at radius 2 is 1.73 bits per heavy atom. The fourth-order valence-corrected chi connectivity index (χ4v) is 7.77. The molecule has 2 aliphatic heterocycles. The van der Waals surface area contributed by atoms with Gasteiger partial charge in [-0.2, -0.15) is 0 Å². The number of hydrogen-bond acceptors (Lipinski definition) is 2. The van der Waals surface area contributed by atoms with Gasteiger partial charge in [-0.1, -0.05) is 32.9 Å². The lowest BCUT2D eigenvalue weighted by Gasteiger charge is -2.71. The van der Waals surface area contributed by atoms with Gasteiger partial charge in [0.1, 0.15) is 0 Å². The van der Waals surface area contributed by atoms with E-state index >= 15 is 0 Å². The van der Waals surface area contributed by atoms with Crippen LogP contribution in [0, 0.1) is 33.5 Å². The molecule has 1 N–H and O–H groups in total. The summed E-state index contributed by atoms with van der Waals surface area (Å²) in [6.07, 6.45) is 13.8. The lowest BCUT2D eigenvalue weighted by atomic mass is 9.38. The van der Waals surface area contributed by atoms with Crippen molar-refractivity contribution in [3.05, 3.63) is 12.2 Å². The summed E-state index contributed by atoms with van der Waals surface area (Å²) in [4.78, 5) is 0. The second-order valence-electron chi connectivity index (χ2n) is 10.1. The van der Waals surface area contributed by atoms with Gasteiger partial charge >= 0.3 is 0 Å². The van der Waals surface area contributed by atoms with E-state index in [1.165, 1.54) is 38.5 Å². The second-order valence-corrected chi connectivity index (χ2v) is 10.1. The molecule has 3 saturated carbocycles. The van der Waals surface area contributed by atoms with E-state index in [2.05, 4.69) is 32.9 Å². The van der Waals surface area contributed by atoms with Crippen LogP contribution < -0.4 is 0 Å². The molecule has 6 rings (SSSR count). The summed E-state index contributed by atoms with van der Waals surface area (Å²) in [5.74, 6) is 0.523. The van der Waals surface area contributed by atoms with Crippen molar-refractivity contribution in [3.63, 3.8) is 0 Å². The molecule has 2 heterocycles. The molecule has 0 aromatic carbocycles. The van der Waals surface area contributed by atoms with E-state index in [4.69, 9.17) is 4.74 Å². The number of ether oxygens (including phenoxy) is 1. The average molecular weight is 302 g/mol. The molecule has 0 unspecified atom stereocenters. The van der Waals surface area contributed by atoms with Gasteiger partial charge in [-0.25, -0.2) is 0 Å². The zero-order valence-electron chi connectivity index (χ0n) is 14.3. The molecule has 6 atom stereocenters. The molecule has 6 aliphatic rings. The highest BCUT2D eigenvalue weighted by molar-refractivity contribution is 5.27. The topological polar surface area (TPSA) is 29.5 Å². The number of aliphatic hydroxyl groups is 1. The first kappa shape index (κ1) is 14.0. The summed E-state index contributed by atoms with van der Waals surface area (Å²) < 4.78 is 6.15. The van der Waals surface area contributed by atoms with E-state index in [1.807, 2.05) is 0 Å². The molecule has 2 heteroatoms. The van der Waals surface area contributed by atoms with Gasteiger partial charge in [0, 0.05) is 17.3 Å². The molecular weight excluding hydrogens is 272 g/mol. The molecule has 2 nitrogen and oxygen atoms in total. The van der Waals surface area contributed by atoms with Crippen LogP contribution in [0.2, 0.25) is 0 Å². The van der Waals surface area contributed by atoms with Crippen molar-refractivity contribution in [2.45, 2.75) is 71.5 Å². The molecular formula is C20H30O2. The van der Waals surface area contributed by atoms with Crippen molar-refractivity contribution >= 4 is 0 Å². The molecule has 5 fully saturated rings. The van der Waals surface area contributed by atoms with Crippen LogP contribution in [0.5, 0.6) is 0 Å². The van der Waals surface area contributed by atoms with Crippen LogP contribution in [-0.4, -0.2) is 17.5 Å². The van der Waals surface area contributed by atoms with E-state index < -0.39 is 5.79 Å². The molecule has 4 bridgehead atoms. The Hall–Kier alpha value is -0.340. The zero-order chi connectivity index (χ0) is 15.4. The minimum atomic E-state index is -0.876. The summed E-state index contributed by atoms with van der Waals surface area (Å²) >= 11 is 0. The monoisotopic (exact) mass is 302 g/mol. The van der Waals surface area contributed by atoms with Crippen molar-refractivity contribution in [2.75, 3.05) is 6.61 Å². The van der Waals surface area contributed by atoms with Gasteiger partial charge in [-0.3, -0.25) is 0 Å². The minimum absolute atomic E-state index is 0.103. The van der Waals surface area contributed by atoms with E-state index in [9.17, 15) is 5.11 Å². The van der Waals surface area contributed by atoms with Crippen molar-refractivity contribution in [3.8, 4) is 0 Å². The molecule has 22 heavy (non-hydrogen) atoms. The van der Waals surface area contributed by atoms with Crippen LogP contribution in [-0.2, 0) is 4.74 Å². The highest BCUT2D eigenvalue weighted by Crippen LogP contribution is 2.74. The summed E-state index contributed by atoms with van der Waals surface area (Å²) in [6.45, 7) is 7.79. The van der Waals surface area contributed by atoms with E-state index in [1.54, 1.807) is 0 Å². The summed E-state index contributed by atoms with van der Waals surface area (Å²) in [5, 5.41) is 11.0. The highest BCUT2D eigenvalue weighted by Gasteiger charge is 2.72. The number of allylic oxidation sites excluding steroid dienone is 2. The lowest BCUT2D eigenvalue weighted by molar-refractivity contribution is -0.392. The molecule has 0 aromatic rings. The molecule has 0 aromatic heterocycles. The largest absolute Gasteiger partial charge is 0.365 e. The van der Waals surface area contributed by atoms with Crippen LogP contribution in [0.15, 0.2) is 12.2 Å². The SMILES string of the molecule is CC1(C)[C@@H]2CC[C@]34C=C[C@](C)(CC[C@@H]3[C@@]23CC[C@]1(O)OC3)C4. The first-order valence-corrected chi connectivity index (χ1v) is 9.32.